The van der Waals surface area contributed by atoms with Crippen molar-refractivity contribution in [2.45, 2.75) is 24.5 Å². The zero-order valence-electron chi connectivity index (χ0n) is 14.5. The average Bonchev–Trinajstić information content (AvgIpc) is 2.63. The van der Waals surface area contributed by atoms with E-state index in [1.54, 1.807) is 26.0 Å². The maximum absolute atomic E-state index is 12.3. The molecule has 0 fully saturated rings. The Morgan fingerprint density at radius 3 is 2.56 bits per heavy atom. The van der Waals surface area contributed by atoms with Crippen molar-refractivity contribution in [3.8, 4) is 11.5 Å². The lowest BCUT2D eigenvalue weighted by molar-refractivity contribution is -0.120. The number of ether oxygens (including phenoxy) is 2. The summed E-state index contributed by atoms with van der Waals surface area (Å²) in [5, 5.41) is 2.84. The second kappa shape index (κ2) is 9.73. The van der Waals surface area contributed by atoms with Crippen LogP contribution >= 0.6 is 27.7 Å². The first-order valence-corrected chi connectivity index (χ1v) is 9.72. The summed E-state index contributed by atoms with van der Waals surface area (Å²) < 4.78 is 11.6. The lowest BCUT2D eigenvalue weighted by atomic mass is 10.2. The molecule has 1 unspecified atom stereocenters. The molecule has 25 heavy (non-hydrogen) atoms. The standard InChI is InChI=1S/C19H22BrNO3S/c1-13(25-12-15-5-4-6-16(20)9-15)19(22)21-11-14-7-8-17(23-2)18(10-14)24-3/h4-10,13H,11-12H2,1-3H3,(H,21,22). The Kier molecular flexibility index (Phi) is 7.65. The first kappa shape index (κ1) is 19.7. The third kappa shape index (κ3) is 5.97. The molecule has 0 aliphatic rings. The molecule has 0 radical (unpaired) electrons. The molecular formula is C19H22BrNO3S. The van der Waals surface area contributed by atoms with Gasteiger partial charge >= 0.3 is 0 Å². The van der Waals surface area contributed by atoms with E-state index in [0.29, 0.717) is 18.0 Å². The number of rotatable bonds is 8. The Morgan fingerprint density at radius 2 is 1.88 bits per heavy atom. The van der Waals surface area contributed by atoms with Gasteiger partial charge < -0.3 is 14.8 Å². The highest BCUT2D eigenvalue weighted by Gasteiger charge is 2.14. The number of hydrogen-bond acceptors (Lipinski definition) is 4. The molecule has 2 rings (SSSR count). The van der Waals surface area contributed by atoms with E-state index < -0.39 is 0 Å². The molecule has 0 saturated carbocycles. The highest BCUT2D eigenvalue weighted by molar-refractivity contribution is 9.10. The van der Waals surface area contributed by atoms with Gasteiger partial charge in [-0.2, -0.15) is 0 Å². The summed E-state index contributed by atoms with van der Waals surface area (Å²) in [6.07, 6.45) is 0. The van der Waals surface area contributed by atoms with Gasteiger partial charge in [0, 0.05) is 16.8 Å². The molecule has 0 heterocycles. The summed E-state index contributed by atoms with van der Waals surface area (Å²) in [5.41, 5.74) is 2.16. The van der Waals surface area contributed by atoms with Crippen LogP contribution in [0.3, 0.4) is 0 Å². The van der Waals surface area contributed by atoms with Gasteiger partial charge in [0.05, 0.1) is 19.5 Å². The van der Waals surface area contributed by atoms with E-state index >= 15 is 0 Å². The van der Waals surface area contributed by atoms with Crippen LogP contribution in [0.5, 0.6) is 11.5 Å². The third-order valence-electron chi connectivity index (χ3n) is 3.67. The van der Waals surface area contributed by atoms with Gasteiger partial charge in [0.25, 0.3) is 0 Å². The van der Waals surface area contributed by atoms with E-state index in [0.717, 1.165) is 15.8 Å². The van der Waals surface area contributed by atoms with Crippen LogP contribution in [0.15, 0.2) is 46.9 Å². The van der Waals surface area contributed by atoms with Gasteiger partial charge in [-0.25, -0.2) is 0 Å². The summed E-state index contributed by atoms with van der Waals surface area (Å²) in [6.45, 7) is 2.38. The summed E-state index contributed by atoms with van der Waals surface area (Å²) in [6, 6.07) is 13.8. The van der Waals surface area contributed by atoms with Gasteiger partial charge in [-0.1, -0.05) is 34.1 Å². The van der Waals surface area contributed by atoms with E-state index in [2.05, 4.69) is 33.4 Å². The number of carbonyl (C=O) groups excluding carboxylic acids is 1. The minimum absolute atomic E-state index is 0.0229. The van der Waals surface area contributed by atoms with Crippen LogP contribution in [0.25, 0.3) is 0 Å². The van der Waals surface area contributed by atoms with Crippen LogP contribution in [-0.4, -0.2) is 25.4 Å². The van der Waals surface area contributed by atoms with Crippen molar-refractivity contribution < 1.29 is 14.3 Å². The number of thioether (sulfide) groups is 1. The molecular weight excluding hydrogens is 402 g/mol. The monoisotopic (exact) mass is 423 g/mol. The topological polar surface area (TPSA) is 47.6 Å². The van der Waals surface area contributed by atoms with Crippen molar-refractivity contribution in [3.63, 3.8) is 0 Å². The van der Waals surface area contributed by atoms with Crippen LogP contribution in [0.4, 0.5) is 0 Å². The van der Waals surface area contributed by atoms with Gasteiger partial charge in [0.1, 0.15) is 0 Å². The van der Waals surface area contributed by atoms with Crippen molar-refractivity contribution in [3.05, 3.63) is 58.1 Å². The molecule has 0 saturated heterocycles. The summed E-state index contributed by atoms with van der Waals surface area (Å²) >= 11 is 5.08. The minimum Gasteiger partial charge on any atom is -0.493 e. The van der Waals surface area contributed by atoms with Crippen molar-refractivity contribution >= 4 is 33.6 Å². The SMILES string of the molecule is COc1ccc(CNC(=O)C(C)SCc2cccc(Br)c2)cc1OC. The third-order valence-corrected chi connectivity index (χ3v) is 5.38. The lowest BCUT2D eigenvalue weighted by Gasteiger charge is -2.13. The highest BCUT2D eigenvalue weighted by Crippen LogP contribution is 2.27. The predicted molar refractivity (Wildman–Crippen MR) is 106 cm³/mol. The maximum atomic E-state index is 12.3. The van der Waals surface area contributed by atoms with Gasteiger partial charge in [-0.05, 0) is 42.3 Å². The van der Waals surface area contributed by atoms with Crippen LogP contribution in [0, 0.1) is 0 Å². The number of methoxy groups -OCH3 is 2. The molecule has 6 heteroatoms. The normalized spacial score (nSPS) is 11.7. The molecule has 1 amide bonds. The average molecular weight is 424 g/mol. The number of hydrogen-bond donors (Lipinski definition) is 1. The fourth-order valence-corrected chi connectivity index (χ4v) is 3.55. The Balaban J connectivity index is 1.85. The molecule has 134 valence electrons. The lowest BCUT2D eigenvalue weighted by Crippen LogP contribution is -2.30. The van der Waals surface area contributed by atoms with Crippen LogP contribution in [0.2, 0.25) is 0 Å². The maximum Gasteiger partial charge on any atom is 0.233 e. The molecule has 1 atom stereocenters. The predicted octanol–water partition coefficient (Wildman–Crippen LogP) is 4.40. The highest BCUT2D eigenvalue weighted by atomic mass is 79.9. The van der Waals surface area contributed by atoms with E-state index in [4.69, 9.17) is 9.47 Å². The quantitative estimate of drug-likeness (QED) is 0.682. The van der Waals surface area contributed by atoms with Crippen LogP contribution < -0.4 is 14.8 Å². The Hall–Kier alpha value is -1.66. The van der Waals surface area contributed by atoms with Crippen molar-refractivity contribution in [2.75, 3.05) is 14.2 Å². The number of amides is 1. The molecule has 1 N–H and O–H groups in total. The van der Waals surface area contributed by atoms with Crippen molar-refractivity contribution in [2.24, 2.45) is 0 Å². The fourth-order valence-electron chi connectivity index (χ4n) is 2.25. The number of halogens is 1. The zero-order chi connectivity index (χ0) is 18.2. The number of benzene rings is 2. The van der Waals surface area contributed by atoms with Gasteiger partial charge in [-0.3, -0.25) is 4.79 Å². The Bertz CT molecular complexity index is 724. The van der Waals surface area contributed by atoms with Gasteiger partial charge in [-0.15, -0.1) is 11.8 Å². The second-order valence-corrected chi connectivity index (χ2v) is 7.74. The zero-order valence-corrected chi connectivity index (χ0v) is 16.9. The van der Waals surface area contributed by atoms with Crippen LogP contribution in [0.1, 0.15) is 18.1 Å². The van der Waals surface area contributed by atoms with Crippen molar-refractivity contribution in [1.29, 1.82) is 0 Å². The van der Waals surface area contributed by atoms with Crippen LogP contribution in [-0.2, 0) is 17.1 Å². The molecule has 0 aromatic heterocycles. The first-order valence-electron chi connectivity index (χ1n) is 7.88. The fraction of sp³-hybridized carbons (Fsp3) is 0.316. The first-order chi connectivity index (χ1) is 12.0. The second-order valence-electron chi connectivity index (χ2n) is 5.49. The minimum atomic E-state index is -0.126. The summed E-state index contributed by atoms with van der Waals surface area (Å²) in [5.74, 6) is 2.15. The van der Waals surface area contributed by atoms with Gasteiger partial charge in [0.2, 0.25) is 5.91 Å². The molecule has 2 aromatic carbocycles. The van der Waals surface area contributed by atoms with E-state index in [9.17, 15) is 4.79 Å². The smallest absolute Gasteiger partial charge is 0.233 e. The number of carbonyl (C=O) groups is 1. The Labute approximate surface area is 161 Å². The van der Waals surface area contributed by atoms with E-state index in [1.807, 2.05) is 37.3 Å². The number of nitrogens with one attached hydrogen (secondary N) is 1. The largest absolute Gasteiger partial charge is 0.493 e. The molecule has 0 bridgehead atoms. The molecule has 0 aliphatic heterocycles. The molecule has 2 aromatic rings. The summed E-state index contributed by atoms with van der Waals surface area (Å²) in [4.78, 5) is 12.3. The molecule has 0 aliphatic carbocycles. The van der Waals surface area contributed by atoms with E-state index in [1.165, 1.54) is 5.56 Å². The Morgan fingerprint density at radius 1 is 1.12 bits per heavy atom. The molecule has 4 nitrogen and oxygen atoms in total. The summed E-state index contributed by atoms with van der Waals surface area (Å²) in [7, 11) is 3.20. The van der Waals surface area contributed by atoms with Crippen molar-refractivity contribution in [1.82, 2.24) is 5.32 Å². The van der Waals surface area contributed by atoms with Gasteiger partial charge in [0.15, 0.2) is 11.5 Å². The van der Waals surface area contributed by atoms with E-state index in [-0.39, 0.29) is 11.2 Å². The molecule has 0 spiro atoms.